The average molecular weight is 500 g/mol. The van der Waals surface area contributed by atoms with E-state index in [4.69, 9.17) is 19.5 Å². The molecule has 0 saturated carbocycles. The highest BCUT2D eigenvalue weighted by molar-refractivity contribution is 5.84. The molecular weight excluding hydrogens is 466 g/mol. The second kappa shape index (κ2) is 9.72. The molecule has 0 N–H and O–H groups in total. The van der Waals surface area contributed by atoms with E-state index in [2.05, 4.69) is 52.8 Å². The Labute approximate surface area is 217 Å². The predicted molar refractivity (Wildman–Crippen MR) is 147 cm³/mol. The minimum Gasteiger partial charge on any atom is -0.497 e. The third-order valence-corrected chi connectivity index (χ3v) is 6.58. The number of ether oxygens (including phenoxy) is 2. The van der Waals surface area contributed by atoms with Crippen LogP contribution in [0.15, 0.2) is 60.0 Å². The summed E-state index contributed by atoms with van der Waals surface area (Å²) in [6.45, 7) is 8.87. The second-order valence-corrected chi connectivity index (χ2v) is 9.95. The summed E-state index contributed by atoms with van der Waals surface area (Å²) < 4.78 is 12.9. The largest absolute Gasteiger partial charge is 0.497 e. The lowest BCUT2D eigenvalue weighted by Crippen LogP contribution is -2.37. The molecule has 5 rings (SSSR count). The number of hydrogen-bond acceptors (Lipinski definition) is 8. The zero-order valence-corrected chi connectivity index (χ0v) is 22.3. The van der Waals surface area contributed by atoms with Crippen LogP contribution >= 0.6 is 0 Å². The lowest BCUT2D eigenvalue weighted by Gasteiger charge is -2.29. The standard InChI is InChI=1S/C28H33N7O2/c1-19-32-28(2,3)18-34(19)9-10-35(22-11-23(36-5)14-24(12-22)37-6)21-7-8-25-26(13-21)31-27(16-29-25)20-15-30-33(4)17-20/h7-8,11-17H,9-10,18H2,1-6H3. The maximum absolute atomic E-state index is 5.58. The minimum absolute atomic E-state index is 0.0741. The predicted octanol–water partition coefficient (Wildman–Crippen LogP) is 4.70. The lowest BCUT2D eigenvalue weighted by molar-refractivity contribution is 0.379. The molecule has 9 heteroatoms. The molecule has 0 unspecified atom stereocenters. The summed E-state index contributed by atoms with van der Waals surface area (Å²) in [5.41, 5.74) is 5.28. The fourth-order valence-electron chi connectivity index (χ4n) is 4.80. The summed E-state index contributed by atoms with van der Waals surface area (Å²) >= 11 is 0. The molecule has 0 bridgehead atoms. The zero-order chi connectivity index (χ0) is 26.2. The van der Waals surface area contributed by atoms with Gasteiger partial charge in [0.05, 0.1) is 54.7 Å². The zero-order valence-electron chi connectivity index (χ0n) is 22.3. The Morgan fingerprint density at radius 3 is 2.35 bits per heavy atom. The molecule has 1 aliphatic heterocycles. The van der Waals surface area contributed by atoms with Crippen LogP contribution in [0.1, 0.15) is 20.8 Å². The van der Waals surface area contributed by atoms with Crippen LogP contribution in [-0.2, 0) is 7.05 Å². The van der Waals surface area contributed by atoms with Gasteiger partial charge in [-0.1, -0.05) is 0 Å². The van der Waals surface area contributed by atoms with Crippen molar-refractivity contribution in [2.75, 3.05) is 38.8 Å². The molecule has 2 aromatic heterocycles. The van der Waals surface area contributed by atoms with Gasteiger partial charge in [-0.05, 0) is 39.0 Å². The number of hydrogen-bond donors (Lipinski definition) is 0. The van der Waals surface area contributed by atoms with Crippen molar-refractivity contribution in [1.29, 1.82) is 0 Å². The first-order valence-electron chi connectivity index (χ1n) is 12.3. The Bertz CT molecular complexity index is 1440. The van der Waals surface area contributed by atoms with E-state index in [0.29, 0.717) is 0 Å². The number of benzene rings is 2. The van der Waals surface area contributed by atoms with Gasteiger partial charge in [0.1, 0.15) is 11.5 Å². The van der Waals surface area contributed by atoms with Crippen LogP contribution < -0.4 is 14.4 Å². The van der Waals surface area contributed by atoms with E-state index >= 15 is 0 Å². The van der Waals surface area contributed by atoms with Gasteiger partial charge < -0.3 is 19.3 Å². The molecule has 0 saturated heterocycles. The number of fused-ring (bicyclic) bond motifs is 1. The summed E-state index contributed by atoms with van der Waals surface area (Å²) in [7, 11) is 5.23. The van der Waals surface area contributed by atoms with Crippen LogP contribution in [0.4, 0.5) is 11.4 Å². The van der Waals surface area contributed by atoms with Crippen LogP contribution in [0, 0.1) is 0 Å². The van der Waals surface area contributed by atoms with Crippen LogP contribution in [-0.4, -0.2) is 69.9 Å². The van der Waals surface area contributed by atoms with Gasteiger partial charge in [0.15, 0.2) is 0 Å². The van der Waals surface area contributed by atoms with E-state index in [9.17, 15) is 0 Å². The van der Waals surface area contributed by atoms with Crippen LogP contribution in [0.25, 0.3) is 22.3 Å². The van der Waals surface area contributed by atoms with Crippen molar-refractivity contribution in [3.63, 3.8) is 0 Å². The van der Waals surface area contributed by atoms with Gasteiger partial charge in [-0.3, -0.25) is 14.7 Å². The smallest absolute Gasteiger partial charge is 0.124 e. The van der Waals surface area contributed by atoms with Gasteiger partial charge in [0.2, 0.25) is 0 Å². The van der Waals surface area contributed by atoms with Gasteiger partial charge in [-0.15, -0.1) is 0 Å². The highest BCUT2D eigenvalue weighted by Gasteiger charge is 2.29. The summed E-state index contributed by atoms with van der Waals surface area (Å²) in [6.07, 6.45) is 5.53. The van der Waals surface area contributed by atoms with Gasteiger partial charge in [-0.2, -0.15) is 5.10 Å². The van der Waals surface area contributed by atoms with E-state index in [1.54, 1.807) is 31.3 Å². The number of aryl methyl sites for hydroxylation is 1. The molecule has 37 heavy (non-hydrogen) atoms. The molecule has 9 nitrogen and oxygen atoms in total. The first kappa shape index (κ1) is 24.5. The maximum atomic E-state index is 5.58. The lowest BCUT2D eigenvalue weighted by atomic mass is 10.1. The normalized spacial score (nSPS) is 14.6. The molecule has 2 aromatic carbocycles. The highest BCUT2D eigenvalue weighted by atomic mass is 16.5. The molecule has 4 aromatic rings. The number of anilines is 2. The van der Waals surface area contributed by atoms with E-state index < -0.39 is 0 Å². The van der Waals surface area contributed by atoms with Crippen molar-refractivity contribution in [2.24, 2.45) is 12.0 Å². The van der Waals surface area contributed by atoms with E-state index in [0.717, 1.165) is 70.6 Å². The van der Waals surface area contributed by atoms with E-state index in [-0.39, 0.29) is 5.54 Å². The van der Waals surface area contributed by atoms with E-state index in [1.807, 2.05) is 37.5 Å². The number of nitrogens with zero attached hydrogens (tertiary/aromatic N) is 7. The molecule has 0 spiro atoms. The monoisotopic (exact) mass is 499 g/mol. The van der Waals surface area contributed by atoms with E-state index in [1.165, 1.54) is 0 Å². The van der Waals surface area contributed by atoms with Gasteiger partial charge in [0.25, 0.3) is 0 Å². The number of aromatic nitrogens is 4. The van der Waals surface area contributed by atoms with Crippen molar-refractivity contribution in [3.05, 3.63) is 55.0 Å². The van der Waals surface area contributed by atoms with Crippen molar-refractivity contribution in [3.8, 4) is 22.8 Å². The number of rotatable bonds is 8. The summed E-state index contributed by atoms with van der Waals surface area (Å²) in [5.74, 6) is 2.54. The molecule has 3 heterocycles. The Morgan fingerprint density at radius 1 is 0.973 bits per heavy atom. The van der Waals surface area contributed by atoms with Gasteiger partial charge in [0, 0.05) is 68.0 Å². The third-order valence-electron chi connectivity index (χ3n) is 6.58. The van der Waals surface area contributed by atoms with Crippen molar-refractivity contribution in [1.82, 2.24) is 24.6 Å². The third kappa shape index (κ3) is 5.21. The SMILES string of the molecule is COc1cc(OC)cc(N(CCN2CC(C)(C)N=C2C)c2ccc3ncc(-c4cnn(C)c4)nc3c2)c1. The molecule has 0 radical (unpaired) electrons. The molecular formula is C28H33N7O2. The maximum Gasteiger partial charge on any atom is 0.124 e. The topological polar surface area (TPSA) is 80.9 Å². The summed E-state index contributed by atoms with van der Waals surface area (Å²) in [4.78, 5) is 19.0. The van der Waals surface area contributed by atoms with Gasteiger partial charge >= 0.3 is 0 Å². The molecule has 192 valence electrons. The molecule has 1 aliphatic rings. The average Bonchev–Trinajstić information content (AvgIpc) is 3.44. The molecule has 0 atom stereocenters. The Kier molecular flexibility index (Phi) is 6.45. The minimum atomic E-state index is -0.0741. The van der Waals surface area contributed by atoms with Crippen LogP contribution in [0.3, 0.4) is 0 Å². The van der Waals surface area contributed by atoms with Crippen molar-refractivity contribution in [2.45, 2.75) is 26.3 Å². The first-order valence-corrected chi connectivity index (χ1v) is 12.3. The Balaban J connectivity index is 1.54. The Hall–Kier alpha value is -4.14. The number of aliphatic imine (C=N–C) groups is 1. The Morgan fingerprint density at radius 2 is 1.73 bits per heavy atom. The summed E-state index contributed by atoms with van der Waals surface area (Å²) in [5, 5.41) is 4.27. The number of amidine groups is 1. The number of methoxy groups -OCH3 is 2. The van der Waals surface area contributed by atoms with Gasteiger partial charge in [-0.25, -0.2) is 4.98 Å². The quantitative estimate of drug-likeness (QED) is 0.348. The fourth-order valence-corrected chi connectivity index (χ4v) is 4.80. The summed E-state index contributed by atoms with van der Waals surface area (Å²) in [6, 6.07) is 12.1. The molecule has 0 fully saturated rings. The first-order chi connectivity index (χ1) is 17.7. The van der Waals surface area contributed by atoms with Crippen LogP contribution in [0.5, 0.6) is 11.5 Å². The molecule has 0 amide bonds. The highest BCUT2D eigenvalue weighted by Crippen LogP contribution is 2.34. The van der Waals surface area contributed by atoms with Crippen molar-refractivity contribution < 1.29 is 9.47 Å². The second-order valence-electron chi connectivity index (χ2n) is 9.95. The fraction of sp³-hybridized carbons (Fsp3) is 0.357. The molecule has 0 aliphatic carbocycles. The van der Waals surface area contributed by atoms with Crippen molar-refractivity contribution >= 4 is 28.2 Å². The van der Waals surface area contributed by atoms with Crippen LogP contribution in [0.2, 0.25) is 0 Å².